The summed E-state index contributed by atoms with van der Waals surface area (Å²) in [7, 11) is 0. The quantitative estimate of drug-likeness (QED) is 0.868. The SMILES string of the molecule is CC1CC(=O)N(Cc2ccc(C(=O)O)cc2Oc2ccc(Cl)cc2)C1. The van der Waals surface area contributed by atoms with Gasteiger partial charge in [0.25, 0.3) is 0 Å². The lowest BCUT2D eigenvalue weighted by atomic mass is 10.1. The molecule has 0 saturated carbocycles. The summed E-state index contributed by atoms with van der Waals surface area (Å²) in [6.45, 7) is 3.13. The number of likely N-dealkylation sites (tertiary alicyclic amines) is 1. The third-order valence-electron chi connectivity index (χ3n) is 4.12. The standard InChI is InChI=1S/C19H18ClNO4/c1-12-8-18(22)21(10-12)11-14-3-2-13(19(23)24)9-17(14)25-16-6-4-15(20)5-7-16/h2-7,9,12H,8,10-11H2,1H3,(H,23,24). The van der Waals surface area contributed by atoms with Crippen molar-refractivity contribution >= 4 is 23.5 Å². The van der Waals surface area contributed by atoms with Crippen LogP contribution >= 0.6 is 11.6 Å². The van der Waals surface area contributed by atoms with Crippen LogP contribution in [0.1, 0.15) is 29.3 Å². The van der Waals surface area contributed by atoms with Crippen molar-refractivity contribution in [3.05, 3.63) is 58.6 Å². The molecule has 0 radical (unpaired) electrons. The second-order valence-corrected chi connectivity index (χ2v) is 6.70. The summed E-state index contributed by atoms with van der Waals surface area (Å²) >= 11 is 5.88. The van der Waals surface area contributed by atoms with E-state index in [1.54, 1.807) is 35.2 Å². The van der Waals surface area contributed by atoms with Gasteiger partial charge in [-0.15, -0.1) is 0 Å². The van der Waals surface area contributed by atoms with Crippen molar-refractivity contribution in [1.29, 1.82) is 0 Å². The molecule has 130 valence electrons. The third kappa shape index (κ3) is 4.12. The molecule has 1 amide bonds. The van der Waals surface area contributed by atoms with E-state index in [2.05, 4.69) is 0 Å². The van der Waals surface area contributed by atoms with Gasteiger partial charge in [0.2, 0.25) is 5.91 Å². The number of hydrogen-bond acceptors (Lipinski definition) is 3. The number of nitrogens with zero attached hydrogens (tertiary/aromatic N) is 1. The van der Waals surface area contributed by atoms with Crippen LogP contribution in [0.25, 0.3) is 0 Å². The molecule has 1 heterocycles. The first-order chi connectivity index (χ1) is 11.9. The Morgan fingerprint density at radius 1 is 1.28 bits per heavy atom. The van der Waals surface area contributed by atoms with Crippen LogP contribution in [-0.4, -0.2) is 28.4 Å². The van der Waals surface area contributed by atoms with E-state index in [1.165, 1.54) is 12.1 Å². The molecular formula is C19H18ClNO4. The molecule has 1 saturated heterocycles. The number of carboxylic acids is 1. The van der Waals surface area contributed by atoms with E-state index in [9.17, 15) is 14.7 Å². The fourth-order valence-corrected chi connectivity index (χ4v) is 3.00. The minimum atomic E-state index is -1.03. The summed E-state index contributed by atoms with van der Waals surface area (Å²) < 4.78 is 5.87. The Hall–Kier alpha value is -2.53. The van der Waals surface area contributed by atoms with Gasteiger partial charge < -0.3 is 14.7 Å². The van der Waals surface area contributed by atoms with Gasteiger partial charge >= 0.3 is 5.97 Å². The Morgan fingerprint density at radius 2 is 2.00 bits per heavy atom. The Labute approximate surface area is 150 Å². The van der Waals surface area contributed by atoms with Crippen molar-refractivity contribution < 1.29 is 19.4 Å². The van der Waals surface area contributed by atoms with E-state index in [4.69, 9.17) is 16.3 Å². The second kappa shape index (κ2) is 7.15. The molecule has 6 heteroatoms. The zero-order chi connectivity index (χ0) is 18.0. The van der Waals surface area contributed by atoms with Gasteiger partial charge in [0, 0.05) is 30.1 Å². The van der Waals surface area contributed by atoms with Crippen molar-refractivity contribution in [2.24, 2.45) is 5.92 Å². The van der Waals surface area contributed by atoms with Gasteiger partial charge in [0.05, 0.1) is 5.56 Å². The first-order valence-corrected chi connectivity index (χ1v) is 8.37. The predicted molar refractivity (Wildman–Crippen MR) is 94.1 cm³/mol. The van der Waals surface area contributed by atoms with Crippen LogP contribution in [0.4, 0.5) is 0 Å². The van der Waals surface area contributed by atoms with Crippen LogP contribution in [0.5, 0.6) is 11.5 Å². The van der Waals surface area contributed by atoms with E-state index in [0.29, 0.717) is 41.9 Å². The maximum Gasteiger partial charge on any atom is 0.335 e. The smallest absolute Gasteiger partial charge is 0.335 e. The average Bonchev–Trinajstić information content (AvgIpc) is 2.88. The third-order valence-corrected chi connectivity index (χ3v) is 4.38. The molecule has 2 aromatic carbocycles. The highest BCUT2D eigenvalue weighted by Crippen LogP contribution is 2.30. The lowest BCUT2D eigenvalue weighted by Gasteiger charge is -2.19. The molecule has 1 atom stereocenters. The number of carboxylic acid groups (broad SMARTS) is 1. The number of halogens is 1. The number of rotatable bonds is 5. The van der Waals surface area contributed by atoms with Crippen molar-refractivity contribution in [2.45, 2.75) is 19.9 Å². The first kappa shape index (κ1) is 17.3. The summed E-state index contributed by atoms with van der Waals surface area (Å²) in [4.78, 5) is 25.1. The number of amides is 1. The van der Waals surface area contributed by atoms with Gasteiger partial charge in [-0.3, -0.25) is 4.79 Å². The van der Waals surface area contributed by atoms with Gasteiger partial charge in [0.15, 0.2) is 0 Å². The molecule has 0 spiro atoms. The molecular weight excluding hydrogens is 342 g/mol. The maximum atomic E-state index is 12.0. The number of benzene rings is 2. The molecule has 0 aliphatic carbocycles. The zero-order valence-corrected chi connectivity index (χ0v) is 14.5. The van der Waals surface area contributed by atoms with Crippen molar-refractivity contribution in [1.82, 2.24) is 4.90 Å². The summed E-state index contributed by atoms with van der Waals surface area (Å²) in [6.07, 6.45) is 0.542. The van der Waals surface area contributed by atoms with Crippen molar-refractivity contribution in [3.63, 3.8) is 0 Å². The largest absolute Gasteiger partial charge is 0.478 e. The number of aromatic carboxylic acids is 1. The molecule has 0 bridgehead atoms. The lowest BCUT2D eigenvalue weighted by Crippen LogP contribution is -2.24. The summed E-state index contributed by atoms with van der Waals surface area (Å²) in [5.41, 5.74) is 0.899. The first-order valence-electron chi connectivity index (χ1n) is 8.00. The van der Waals surface area contributed by atoms with Crippen LogP contribution in [0, 0.1) is 5.92 Å². The molecule has 1 fully saturated rings. The Morgan fingerprint density at radius 3 is 2.60 bits per heavy atom. The van der Waals surface area contributed by atoms with Crippen LogP contribution in [0.3, 0.4) is 0 Å². The van der Waals surface area contributed by atoms with E-state index in [-0.39, 0.29) is 11.5 Å². The highest BCUT2D eigenvalue weighted by Gasteiger charge is 2.27. The van der Waals surface area contributed by atoms with E-state index in [0.717, 1.165) is 5.56 Å². The van der Waals surface area contributed by atoms with Gasteiger partial charge in [-0.05, 0) is 42.3 Å². The Balaban J connectivity index is 1.89. The number of hydrogen-bond donors (Lipinski definition) is 1. The van der Waals surface area contributed by atoms with Crippen LogP contribution in [0.2, 0.25) is 5.02 Å². The fraction of sp³-hybridized carbons (Fsp3) is 0.263. The molecule has 1 aliphatic rings. The van der Waals surface area contributed by atoms with Crippen LogP contribution in [-0.2, 0) is 11.3 Å². The molecule has 1 unspecified atom stereocenters. The van der Waals surface area contributed by atoms with E-state index in [1.807, 2.05) is 6.92 Å². The highest BCUT2D eigenvalue weighted by molar-refractivity contribution is 6.30. The minimum Gasteiger partial charge on any atom is -0.478 e. The minimum absolute atomic E-state index is 0.104. The topological polar surface area (TPSA) is 66.8 Å². The Kier molecular flexibility index (Phi) is 4.95. The monoisotopic (exact) mass is 359 g/mol. The molecule has 0 aromatic heterocycles. The molecule has 1 aliphatic heterocycles. The molecule has 3 rings (SSSR count). The number of carbonyl (C=O) groups is 2. The predicted octanol–water partition coefficient (Wildman–Crippen LogP) is 4.20. The molecule has 25 heavy (non-hydrogen) atoms. The van der Waals surface area contributed by atoms with E-state index < -0.39 is 5.97 Å². The molecule has 5 nitrogen and oxygen atoms in total. The number of ether oxygens (including phenoxy) is 1. The zero-order valence-electron chi connectivity index (χ0n) is 13.7. The Bertz CT molecular complexity index is 804. The summed E-state index contributed by atoms with van der Waals surface area (Å²) in [5.74, 6) is 0.376. The maximum absolute atomic E-state index is 12.0. The van der Waals surface area contributed by atoms with Gasteiger partial charge in [-0.2, -0.15) is 0 Å². The summed E-state index contributed by atoms with van der Waals surface area (Å²) in [6, 6.07) is 11.5. The molecule has 1 N–H and O–H groups in total. The van der Waals surface area contributed by atoms with Gasteiger partial charge in [-0.25, -0.2) is 4.79 Å². The van der Waals surface area contributed by atoms with Crippen LogP contribution < -0.4 is 4.74 Å². The van der Waals surface area contributed by atoms with E-state index >= 15 is 0 Å². The van der Waals surface area contributed by atoms with Crippen molar-refractivity contribution in [3.8, 4) is 11.5 Å². The average molecular weight is 360 g/mol. The summed E-state index contributed by atoms with van der Waals surface area (Å²) in [5, 5.41) is 9.81. The van der Waals surface area contributed by atoms with Gasteiger partial charge in [0.1, 0.15) is 11.5 Å². The second-order valence-electron chi connectivity index (χ2n) is 6.27. The number of carbonyl (C=O) groups excluding carboxylic acids is 1. The molecule has 2 aromatic rings. The highest BCUT2D eigenvalue weighted by atomic mass is 35.5. The lowest BCUT2D eigenvalue weighted by molar-refractivity contribution is -0.128. The van der Waals surface area contributed by atoms with Gasteiger partial charge in [-0.1, -0.05) is 24.6 Å². The fourth-order valence-electron chi connectivity index (χ4n) is 2.87. The van der Waals surface area contributed by atoms with Crippen LogP contribution in [0.15, 0.2) is 42.5 Å². The van der Waals surface area contributed by atoms with Crippen molar-refractivity contribution in [2.75, 3.05) is 6.54 Å². The normalized spacial score (nSPS) is 17.0.